The summed E-state index contributed by atoms with van der Waals surface area (Å²) < 4.78 is 13.0. The van der Waals surface area contributed by atoms with Gasteiger partial charge in [0.2, 0.25) is 5.91 Å². The maximum atomic E-state index is 12.1. The number of amides is 2. The molecule has 2 amide bonds. The van der Waals surface area contributed by atoms with E-state index in [1.54, 1.807) is 37.4 Å². The van der Waals surface area contributed by atoms with E-state index in [2.05, 4.69) is 76.4 Å². The lowest BCUT2D eigenvalue weighted by Crippen LogP contribution is -2.33. The summed E-state index contributed by atoms with van der Waals surface area (Å²) in [7, 11) is 4.63. The van der Waals surface area contributed by atoms with Crippen molar-refractivity contribution >= 4 is 17.5 Å². The number of methoxy groups -OCH3 is 2. The largest absolute Gasteiger partial charge is 0.490 e. The monoisotopic (exact) mass is 580 g/mol. The Labute approximate surface area is 250 Å². The predicted molar refractivity (Wildman–Crippen MR) is 162 cm³/mol. The lowest BCUT2D eigenvalue weighted by molar-refractivity contribution is -0.904. The molecule has 0 fully saturated rings. The number of nitrogens with zero attached hydrogens (tertiary/aromatic N) is 3. The molecule has 0 aliphatic heterocycles. The highest BCUT2D eigenvalue weighted by molar-refractivity contribution is 5.98. The number of nitrogens with one attached hydrogen (secondary N) is 2. The van der Waals surface area contributed by atoms with E-state index in [-0.39, 0.29) is 18.4 Å². The molecule has 5 rings (SSSR count). The molecular formula is C33H34N5O5+. The van der Waals surface area contributed by atoms with Crippen LogP contribution in [0.4, 0.5) is 5.69 Å². The molecule has 10 heteroatoms. The minimum atomic E-state index is -0.384. The molecule has 2 heterocycles. The van der Waals surface area contributed by atoms with Crippen LogP contribution in [0.5, 0.6) is 11.5 Å². The van der Waals surface area contributed by atoms with Crippen LogP contribution in [-0.4, -0.2) is 47.6 Å². The highest BCUT2D eigenvalue weighted by atomic mass is 16.5. The topological polar surface area (TPSA) is 119 Å². The van der Waals surface area contributed by atoms with Crippen LogP contribution in [0, 0.1) is 0 Å². The molecule has 0 bridgehead atoms. The van der Waals surface area contributed by atoms with Gasteiger partial charge in [-0.1, -0.05) is 72.8 Å². The molecule has 220 valence electrons. The van der Waals surface area contributed by atoms with Gasteiger partial charge >= 0.3 is 0 Å². The van der Waals surface area contributed by atoms with Crippen molar-refractivity contribution in [3.8, 4) is 22.6 Å². The van der Waals surface area contributed by atoms with Crippen molar-refractivity contribution in [1.29, 1.82) is 0 Å². The summed E-state index contributed by atoms with van der Waals surface area (Å²) in [5, 5.41) is 18.9. The Hall–Kier alpha value is -5.64. The minimum absolute atomic E-state index is 0.178. The number of carbonyl (C=O) groups excluding carboxylic acids is 2. The van der Waals surface area contributed by atoms with E-state index in [0.717, 1.165) is 16.7 Å². The van der Waals surface area contributed by atoms with Crippen LogP contribution < -0.4 is 24.8 Å². The Morgan fingerprint density at radius 1 is 0.837 bits per heavy atom. The maximum Gasteiger partial charge on any atom is 0.269 e. The Kier molecular flexibility index (Phi) is 10.5. The summed E-state index contributed by atoms with van der Waals surface area (Å²) in [4.78, 5) is 24.2. The Balaban J connectivity index is 0.000000269. The summed E-state index contributed by atoms with van der Waals surface area (Å²) in [5.41, 5.74) is 5.09. The van der Waals surface area contributed by atoms with Gasteiger partial charge in [0, 0.05) is 23.7 Å². The van der Waals surface area contributed by atoms with Gasteiger partial charge < -0.3 is 20.1 Å². The van der Waals surface area contributed by atoms with E-state index in [0.29, 0.717) is 28.4 Å². The third-order valence-corrected chi connectivity index (χ3v) is 6.45. The third-order valence-electron chi connectivity index (χ3n) is 6.45. The quantitative estimate of drug-likeness (QED) is 0.177. The molecule has 3 aromatic carbocycles. The number of pyridine rings is 1. The standard InChI is InChI=1S/C20H21N5O5.C13H12/c1-24-15(8-9-22-24)20(27)21-10-18(26)23-14-6-4-13(5-7-14)19-16(29-2)11-25(28)12-17(19)30-3;1-3-7-12(8-4-1)11-13-9-5-2-6-10-13/h4-9,11-12,28H,10H2,1-3H3,(H,21,27);1-10H,11H2/p+1. The van der Waals surface area contributed by atoms with Gasteiger partial charge in [-0.05, 0) is 41.3 Å². The number of aromatic nitrogens is 3. The predicted octanol–water partition coefficient (Wildman–Crippen LogP) is 4.28. The van der Waals surface area contributed by atoms with E-state index in [1.807, 2.05) is 0 Å². The molecular weight excluding hydrogens is 546 g/mol. The van der Waals surface area contributed by atoms with Gasteiger partial charge in [-0.25, -0.2) is 0 Å². The summed E-state index contributed by atoms with van der Waals surface area (Å²) in [6.45, 7) is -0.178. The van der Waals surface area contributed by atoms with Gasteiger partial charge in [-0.15, -0.1) is 0 Å². The zero-order valence-corrected chi connectivity index (χ0v) is 24.2. The van der Waals surface area contributed by atoms with Gasteiger partial charge in [0.1, 0.15) is 5.69 Å². The van der Waals surface area contributed by atoms with Crippen molar-refractivity contribution in [2.24, 2.45) is 7.05 Å². The second-order valence-electron chi connectivity index (χ2n) is 9.45. The highest BCUT2D eigenvalue weighted by Crippen LogP contribution is 2.37. The van der Waals surface area contributed by atoms with E-state index < -0.39 is 0 Å². The number of benzene rings is 3. The average molecular weight is 581 g/mol. The zero-order chi connectivity index (χ0) is 30.6. The van der Waals surface area contributed by atoms with Gasteiger partial charge in [-0.3, -0.25) is 19.5 Å². The molecule has 43 heavy (non-hydrogen) atoms. The van der Waals surface area contributed by atoms with Crippen LogP contribution in [-0.2, 0) is 18.3 Å². The summed E-state index contributed by atoms with van der Waals surface area (Å²) in [5.74, 6) is 0.0948. The summed E-state index contributed by atoms with van der Waals surface area (Å²) in [6, 6.07) is 29.6. The first-order chi connectivity index (χ1) is 20.9. The number of carbonyl (C=O) groups is 2. The Morgan fingerprint density at radius 2 is 1.40 bits per heavy atom. The van der Waals surface area contributed by atoms with Crippen molar-refractivity contribution in [2.45, 2.75) is 6.42 Å². The zero-order valence-electron chi connectivity index (χ0n) is 24.2. The van der Waals surface area contributed by atoms with Crippen molar-refractivity contribution in [3.63, 3.8) is 0 Å². The van der Waals surface area contributed by atoms with Crippen molar-refractivity contribution in [2.75, 3.05) is 26.1 Å². The number of ether oxygens (including phenoxy) is 2. The summed E-state index contributed by atoms with van der Waals surface area (Å²) >= 11 is 0. The lowest BCUT2D eigenvalue weighted by Gasteiger charge is -2.11. The third kappa shape index (κ3) is 8.43. The van der Waals surface area contributed by atoms with Crippen LogP contribution in [0.25, 0.3) is 11.1 Å². The maximum absolute atomic E-state index is 12.1. The van der Waals surface area contributed by atoms with Gasteiger partial charge in [0.15, 0.2) is 11.5 Å². The number of hydrogen-bond acceptors (Lipinski definition) is 6. The van der Waals surface area contributed by atoms with Crippen LogP contribution in [0.3, 0.4) is 0 Å². The molecule has 5 aromatic rings. The van der Waals surface area contributed by atoms with Crippen molar-refractivity contribution < 1.29 is 29.0 Å². The van der Waals surface area contributed by atoms with E-state index in [9.17, 15) is 14.8 Å². The Morgan fingerprint density at radius 3 is 1.88 bits per heavy atom. The van der Waals surface area contributed by atoms with Gasteiger partial charge in [0.05, 0.1) is 26.3 Å². The first-order valence-corrected chi connectivity index (χ1v) is 13.5. The molecule has 2 aromatic heterocycles. The summed E-state index contributed by atoms with van der Waals surface area (Å²) in [6.07, 6.45) is 5.37. The molecule has 10 nitrogen and oxygen atoms in total. The first kappa shape index (κ1) is 30.3. The molecule has 0 radical (unpaired) electrons. The molecule has 3 N–H and O–H groups in total. The average Bonchev–Trinajstić information content (AvgIpc) is 3.47. The fraction of sp³-hybridized carbons (Fsp3) is 0.152. The fourth-order valence-corrected chi connectivity index (χ4v) is 4.32. The van der Waals surface area contributed by atoms with Crippen LogP contribution in [0.1, 0.15) is 21.6 Å². The second kappa shape index (κ2) is 14.8. The second-order valence-corrected chi connectivity index (χ2v) is 9.45. The van der Waals surface area contributed by atoms with Gasteiger partial charge in [0.25, 0.3) is 18.3 Å². The minimum Gasteiger partial charge on any atom is -0.490 e. The van der Waals surface area contributed by atoms with Crippen LogP contribution in [0.2, 0.25) is 0 Å². The molecule has 0 aliphatic carbocycles. The van der Waals surface area contributed by atoms with Crippen LogP contribution in [0.15, 0.2) is 110 Å². The van der Waals surface area contributed by atoms with Crippen LogP contribution >= 0.6 is 0 Å². The van der Waals surface area contributed by atoms with Crippen molar-refractivity contribution in [1.82, 2.24) is 15.1 Å². The highest BCUT2D eigenvalue weighted by Gasteiger charge is 2.20. The normalized spacial score (nSPS) is 10.2. The van der Waals surface area contributed by atoms with Gasteiger partial charge in [-0.2, -0.15) is 5.10 Å². The van der Waals surface area contributed by atoms with Crippen molar-refractivity contribution in [3.05, 3.63) is 126 Å². The Bertz CT molecular complexity index is 1580. The molecule has 0 saturated carbocycles. The molecule has 0 unspecified atom stereocenters. The fourth-order valence-electron chi connectivity index (χ4n) is 4.32. The number of aryl methyl sites for hydroxylation is 1. The molecule has 0 spiro atoms. The number of hydrogen-bond donors (Lipinski definition) is 3. The molecule has 0 saturated heterocycles. The lowest BCUT2D eigenvalue weighted by atomic mass is 10.0. The van der Waals surface area contributed by atoms with E-state index in [1.165, 1.54) is 48.6 Å². The van der Waals surface area contributed by atoms with E-state index >= 15 is 0 Å². The number of anilines is 1. The molecule has 0 aliphatic rings. The molecule has 0 atom stereocenters. The van der Waals surface area contributed by atoms with E-state index in [4.69, 9.17) is 9.47 Å². The SMILES string of the molecule is COc1c[n+](O)cc(OC)c1-c1ccc(NC(=O)CNC(=O)c2ccnn2C)cc1.c1ccc(Cc2ccccc2)cc1. The number of rotatable bonds is 9. The smallest absolute Gasteiger partial charge is 0.269 e. The first-order valence-electron chi connectivity index (χ1n) is 13.5.